The highest BCUT2D eigenvalue weighted by Crippen LogP contribution is 2.64. The van der Waals surface area contributed by atoms with Crippen LogP contribution in [0.5, 0.6) is 11.5 Å². The van der Waals surface area contributed by atoms with E-state index in [0.717, 1.165) is 49.2 Å². The first-order valence-electron chi connectivity index (χ1n) is 10.5. The molecule has 0 radical (unpaired) electrons. The summed E-state index contributed by atoms with van der Waals surface area (Å²) in [4.78, 5) is 15.3. The molecule has 1 aliphatic heterocycles. The first kappa shape index (κ1) is 17.2. The molecule has 1 aromatic heterocycles. The van der Waals surface area contributed by atoms with Gasteiger partial charge in [-0.15, -0.1) is 10.2 Å². The molecule has 29 heavy (non-hydrogen) atoms. The van der Waals surface area contributed by atoms with Crippen molar-refractivity contribution < 1.29 is 14.3 Å². The molecule has 2 atom stereocenters. The number of benzene rings is 1. The van der Waals surface area contributed by atoms with Gasteiger partial charge in [0.05, 0.1) is 11.0 Å². The number of amides is 1. The average Bonchev–Trinajstić information content (AvgIpc) is 3.33. The molecule has 2 heterocycles. The molecule has 1 N–H and O–H groups in total. The van der Waals surface area contributed by atoms with E-state index in [0.29, 0.717) is 24.2 Å². The van der Waals surface area contributed by atoms with Crippen molar-refractivity contribution in [3.05, 3.63) is 29.6 Å². The van der Waals surface area contributed by atoms with E-state index in [1.807, 2.05) is 29.9 Å². The van der Waals surface area contributed by atoms with E-state index in [1.165, 1.54) is 6.42 Å². The highest BCUT2D eigenvalue weighted by Gasteiger charge is 2.62. The van der Waals surface area contributed by atoms with Crippen LogP contribution in [0.3, 0.4) is 0 Å². The Kier molecular flexibility index (Phi) is 3.53. The van der Waals surface area contributed by atoms with Crippen molar-refractivity contribution >= 4 is 5.91 Å². The summed E-state index contributed by atoms with van der Waals surface area (Å²) in [5, 5.41) is 16.2. The Morgan fingerprint density at radius 2 is 2.00 bits per heavy atom. The Hall–Kier alpha value is -2.64. The molecule has 4 fully saturated rings. The second kappa shape index (κ2) is 5.93. The van der Waals surface area contributed by atoms with E-state index in [-0.39, 0.29) is 23.7 Å². The van der Waals surface area contributed by atoms with Crippen molar-refractivity contribution in [2.75, 3.05) is 6.79 Å². The van der Waals surface area contributed by atoms with Crippen molar-refractivity contribution in [1.82, 2.24) is 25.5 Å². The van der Waals surface area contributed by atoms with Gasteiger partial charge in [0, 0.05) is 6.54 Å². The highest BCUT2D eigenvalue weighted by atomic mass is 16.7. The summed E-state index contributed by atoms with van der Waals surface area (Å²) in [5.41, 5.74) is 0.555. The Bertz CT molecular complexity index is 972. The lowest BCUT2D eigenvalue weighted by Gasteiger charge is -2.60. The second-order valence-corrected chi connectivity index (χ2v) is 9.46. The van der Waals surface area contributed by atoms with E-state index < -0.39 is 0 Å². The Morgan fingerprint density at radius 1 is 1.21 bits per heavy atom. The molecule has 4 saturated carbocycles. The van der Waals surface area contributed by atoms with Crippen LogP contribution in [0.25, 0.3) is 0 Å². The topological polar surface area (TPSA) is 91.2 Å². The number of carbonyl (C=O) groups excluding carboxylic acids is 1. The third-order valence-electron chi connectivity index (χ3n) is 7.34. The van der Waals surface area contributed by atoms with Crippen molar-refractivity contribution in [3.8, 4) is 11.5 Å². The summed E-state index contributed by atoms with van der Waals surface area (Å²) in [6, 6.07) is 5.84. The van der Waals surface area contributed by atoms with Crippen LogP contribution in [-0.4, -0.2) is 32.9 Å². The van der Waals surface area contributed by atoms with Gasteiger partial charge in [-0.2, -0.15) is 4.80 Å². The number of nitrogens with one attached hydrogen (secondary N) is 1. The van der Waals surface area contributed by atoms with Crippen molar-refractivity contribution in [3.63, 3.8) is 0 Å². The number of ether oxygens (including phenoxy) is 2. The van der Waals surface area contributed by atoms with E-state index >= 15 is 0 Å². The third kappa shape index (κ3) is 2.64. The number of aryl methyl sites for hydroxylation is 1. The monoisotopic (exact) mass is 395 g/mol. The van der Waals surface area contributed by atoms with Crippen LogP contribution in [-0.2, 0) is 16.9 Å². The minimum atomic E-state index is -0.318. The molecule has 8 heteroatoms. The quantitative estimate of drug-likeness (QED) is 0.854. The van der Waals surface area contributed by atoms with Crippen LogP contribution in [0, 0.1) is 24.2 Å². The molecular weight excluding hydrogens is 370 g/mol. The lowest BCUT2D eigenvalue weighted by Crippen LogP contribution is -2.61. The highest BCUT2D eigenvalue weighted by molar-refractivity contribution is 5.83. The number of fused-ring (bicyclic) bond motifs is 1. The van der Waals surface area contributed by atoms with Crippen LogP contribution in [0.2, 0.25) is 0 Å². The zero-order chi connectivity index (χ0) is 19.6. The smallest absolute Gasteiger partial charge is 0.231 e. The molecule has 4 bridgehead atoms. The lowest BCUT2D eigenvalue weighted by atomic mass is 9.46. The third-order valence-corrected chi connectivity index (χ3v) is 7.34. The Morgan fingerprint density at radius 3 is 2.76 bits per heavy atom. The number of aromatic nitrogens is 4. The molecule has 1 amide bonds. The summed E-state index contributed by atoms with van der Waals surface area (Å²) in [6.45, 7) is 2.63. The number of hydrogen-bond acceptors (Lipinski definition) is 6. The second-order valence-electron chi connectivity index (χ2n) is 9.46. The average molecular weight is 395 g/mol. The van der Waals surface area contributed by atoms with Crippen LogP contribution < -0.4 is 14.8 Å². The maximum Gasteiger partial charge on any atom is 0.231 e. The molecule has 0 saturated heterocycles. The van der Waals surface area contributed by atoms with E-state index in [4.69, 9.17) is 9.47 Å². The SMILES string of the molecule is Cc1nnn(C23C[C@@H]4C[C@H](CC(C(=O)NCc5ccc6c(c5)OCO6)(C4)C2)C3)n1. The molecule has 0 unspecified atom stereocenters. The number of hydrogen-bond donors (Lipinski definition) is 1. The molecule has 5 aliphatic rings. The van der Waals surface area contributed by atoms with Gasteiger partial charge in [0.1, 0.15) is 0 Å². The van der Waals surface area contributed by atoms with Gasteiger partial charge in [-0.3, -0.25) is 4.79 Å². The minimum absolute atomic E-state index is 0.151. The van der Waals surface area contributed by atoms with Crippen LogP contribution in [0.1, 0.15) is 49.9 Å². The first-order valence-corrected chi connectivity index (χ1v) is 10.5. The maximum absolute atomic E-state index is 13.4. The van der Waals surface area contributed by atoms with Gasteiger partial charge < -0.3 is 14.8 Å². The number of tetrazole rings is 1. The van der Waals surface area contributed by atoms with Crippen LogP contribution in [0.15, 0.2) is 18.2 Å². The number of carbonyl (C=O) groups is 1. The fraction of sp³-hybridized carbons (Fsp3) is 0.619. The first-order chi connectivity index (χ1) is 14.0. The summed E-state index contributed by atoms with van der Waals surface area (Å²) in [6.07, 6.45) is 6.13. The zero-order valence-corrected chi connectivity index (χ0v) is 16.6. The fourth-order valence-electron chi connectivity index (χ4n) is 6.62. The zero-order valence-electron chi connectivity index (χ0n) is 16.6. The molecule has 1 aromatic carbocycles. The summed E-state index contributed by atoms with van der Waals surface area (Å²) in [5.74, 6) is 3.52. The largest absolute Gasteiger partial charge is 0.454 e. The van der Waals surface area contributed by atoms with E-state index in [1.54, 1.807) is 0 Å². The van der Waals surface area contributed by atoms with Gasteiger partial charge in [0.25, 0.3) is 0 Å². The molecule has 152 valence electrons. The van der Waals surface area contributed by atoms with Crippen molar-refractivity contribution in [1.29, 1.82) is 0 Å². The van der Waals surface area contributed by atoms with E-state index in [9.17, 15) is 4.79 Å². The minimum Gasteiger partial charge on any atom is -0.454 e. The molecule has 8 nitrogen and oxygen atoms in total. The fourth-order valence-corrected chi connectivity index (χ4v) is 6.62. The van der Waals surface area contributed by atoms with Crippen molar-refractivity contribution in [2.45, 2.75) is 57.5 Å². The van der Waals surface area contributed by atoms with Gasteiger partial charge >= 0.3 is 0 Å². The normalized spacial score (nSPS) is 33.8. The van der Waals surface area contributed by atoms with Gasteiger partial charge in [0.2, 0.25) is 12.7 Å². The molecular formula is C21H25N5O3. The summed E-state index contributed by atoms with van der Waals surface area (Å²) < 4.78 is 10.8. The predicted molar refractivity (Wildman–Crippen MR) is 102 cm³/mol. The predicted octanol–water partition coefficient (Wildman–Crippen LogP) is 2.32. The number of rotatable bonds is 4. The van der Waals surface area contributed by atoms with Crippen molar-refractivity contribution in [2.24, 2.45) is 17.3 Å². The molecule has 7 rings (SSSR count). The van der Waals surface area contributed by atoms with Gasteiger partial charge in [-0.1, -0.05) is 6.07 Å². The van der Waals surface area contributed by atoms with Crippen LogP contribution in [0.4, 0.5) is 0 Å². The number of nitrogens with zero attached hydrogens (tertiary/aromatic N) is 4. The lowest BCUT2D eigenvalue weighted by molar-refractivity contribution is -0.157. The van der Waals surface area contributed by atoms with Crippen LogP contribution >= 0.6 is 0 Å². The molecule has 4 aliphatic carbocycles. The maximum atomic E-state index is 13.4. The summed E-state index contributed by atoms with van der Waals surface area (Å²) in [7, 11) is 0. The Balaban J connectivity index is 1.23. The Labute approximate surface area is 168 Å². The van der Waals surface area contributed by atoms with E-state index in [2.05, 4.69) is 20.7 Å². The van der Waals surface area contributed by atoms with Gasteiger partial charge in [-0.25, -0.2) is 0 Å². The van der Waals surface area contributed by atoms with Gasteiger partial charge in [0.15, 0.2) is 17.3 Å². The summed E-state index contributed by atoms with van der Waals surface area (Å²) >= 11 is 0. The standard InChI is InChI=1S/C21H25N5O3/c1-13-23-25-26(24-13)21-8-15-4-16(9-21)7-20(6-15,11-21)19(27)22-10-14-2-3-17-18(5-14)29-12-28-17/h2-3,5,15-16H,4,6-12H2,1H3,(H,22,27)/t15-,16-,20?,21?/m1/s1. The van der Waals surface area contributed by atoms with Gasteiger partial charge in [-0.05, 0) is 80.2 Å². The molecule has 0 spiro atoms. The molecule has 2 aromatic rings.